The minimum atomic E-state index is 0.0920. The van der Waals surface area contributed by atoms with Gasteiger partial charge in [-0.3, -0.25) is 4.79 Å². The molecule has 0 saturated carbocycles. The molecule has 0 bridgehead atoms. The maximum Gasteiger partial charge on any atom is 0.224 e. The molecule has 36 heavy (non-hydrogen) atoms. The average Bonchev–Trinajstić information content (AvgIpc) is 3.25. The molecule has 0 saturated heterocycles. The van der Waals surface area contributed by atoms with Crippen molar-refractivity contribution in [3.8, 4) is 5.75 Å². The maximum absolute atomic E-state index is 12.1. The first kappa shape index (κ1) is 25.5. The molecular formula is C31H37N3O2. The van der Waals surface area contributed by atoms with E-state index in [1.54, 1.807) is 0 Å². The quantitative estimate of drug-likeness (QED) is 0.215. The van der Waals surface area contributed by atoms with Crippen molar-refractivity contribution in [3.63, 3.8) is 0 Å². The normalized spacial score (nSPS) is 11.0. The van der Waals surface area contributed by atoms with Crippen molar-refractivity contribution in [2.75, 3.05) is 13.2 Å². The van der Waals surface area contributed by atoms with E-state index in [1.165, 1.54) is 11.1 Å². The molecule has 5 heteroatoms. The van der Waals surface area contributed by atoms with Crippen LogP contribution >= 0.6 is 0 Å². The minimum Gasteiger partial charge on any atom is -0.494 e. The third-order valence-electron chi connectivity index (χ3n) is 6.41. The lowest BCUT2D eigenvalue weighted by molar-refractivity contribution is -0.120. The van der Waals surface area contributed by atoms with E-state index < -0.39 is 0 Å². The Labute approximate surface area is 214 Å². The van der Waals surface area contributed by atoms with Gasteiger partial charge in [0.1, 0.15) is 11.6 Å². The van der Waals surface area contributed by atoms with Gasteiger partial charge in [-0.15, -0.1) is 0 Å². The summed E-state index contributed by atoms with van der Waals surface area (Å²) in [6.45, 7) is 4.48. The van der Waals surface area contributed by atoms with Gasteiger partial charge in [-0.05, 0) is 62.4 Å². The zero-order chi connectivity index (χ0) is 25.0. The summed E-state index contributed by atoms with van der Waals surface area (Å²) in [5, 5.41) is 3.05. The van der Waals surface area contributed by atoms with Crippen LogP contribution in [0.15, 0.2) is 78.9 Å². The number of unbranched alkanes of at least 4 members (excludes halogenated alkanes) is 3. The third kappa shape index (κ3) is 7.70. The van der Waals surface area contributed by atoms with Gasteiger partial charge >= 0.3 is 0 Å². The standard InChI is InChI=1S/C31H37N3O2/c1-25-17-19-27(20-18-25)36-23-11-10-22-34-29-15-8-7-14-28(29)33-30(34)16-6-3-9-21-32-31(35)24-26-12-4-2-5-13-26/h2,4-5,7-8,12-15,17-20H,3,6,9-11,16,21-24H2,1H3,(H,32,35). The van der Waals surface area contributed by atoms with Gasteiger partial charge in [0.2, 0.25) is 5.91 Å². The summed E-state index contributed by atoms with van der Waals surface area (Å²) in [4.78, 5) is 17.0. The molecule has 188 valence electrons. The molecule has 0 aliphatic rings. The van der Waals surface area contributed by atoms with Crippen LogP contribution in [0.2, 0.25) is 0 Å². The molecule has 0 aliphatic heterocycles. The summed E-state index contributed by atoms with van der Waals surface area (Å²) in [6.07, 6.45) is 6.56. The Bertz CT molecular complexity index is 1220. The van der Waals surface area contributed by atoms with Crippen molar-refractivity contribution in [1.82, 2.24) is 14.9 Å². The number of aryl methyl sites for hydroxylation is 3. The van der Waals surface area contributed by atoms with E-state index in [0.29, 0.717) is 6.42 Å². The zero-order valence-corrected chi connectivity index (χ0v) is 21.3. The first-order chi connectivity index (χ1) is 17.7. The zero-order valence-electron chi connectivity index (χ0n) is 21.3. The van der Waals surface area contributed by atoms with E-state index in [0.717, 1.165) is 80.9 Å². The van der Waals surface area contributed by atoms with Crippen LogP contribution in [0.5, 0.6) is 5.75 Å². The van der Waals surface area contributed by atoms with Crippen LogP contribution in [0.25, 0.3) is 11.0 Å². The van der Waals surface area contributed by atoms with Crippen LogP contribution in [0.3, 0.4) is 0 Å². The molecule has 4 rings (SSSR count). The molecule has 1 aromatic heterocycles. The number of imidazole rings is 1. The highest BCUT2D eigenvalue weighted by Gasteiger charge is 2.10. The van der Waals surface area contributed by atoms with Crippen LogP contribution in [-0.4, -0.2) is 28.6 Å². The molecule has 3 aromatic carbocycles. The Morgan fingerprint density at radius 2 is 1.64 bits per heavy atom. The molecule has 4 aromatic rings. The molecule has 0 fully saturated rings. The molecule has 0 atom stereocenters. The monoisotopic (exact) mass is 483 g/mol. The van der Waals surface area contributed by atoms with Crippen molar-refractivity contribution in [1.29, 1.82) is 0 Å². The van der Waals surface area contributed by atoms with E-state index in [9.17, 15) is 4.79 Å². The molecule has 0 aliphatic carbocycles. The number of rotatable bonds is 14. The van der Waals surface area contributed by atoms with Crippen molar-refractivity contribution in [2.45, 2.75) is 58.4 Å². The number of carbonyl (C=O) groups excluding carboxylic acids is 1. The number of fused-ring (bicyclic) bond motifs is 1. The summed E-state index contributed by atoms with van der Waals surface area (Å²) in [5.41, 5.74) is 4.57. The number of benzene rings is 3. The number of amides is 1. The van der Waals surface area contributed by atoms with E-state index in [2.05, 4.69) is 53.2 Å². The largest absolute Gasteiger partial charge is 0.494 e. The highest BCUT2D eigenvalue weighted by Crippen LogP contribution is 2.19. The second-order valence-corrected chi connectivity index (χ2v) is 9.36. The number of ether oxygens (including phenoxy) is 1. The first-order valence-corrected chi connectivity index (χ1v) is 13.1. The molecule has 0 unspecified atom stereocenters. The van der Waals surface area contributed by atoms with Gasteiger partial charge in [0.15, 0.2) is 0 Å². The number of hydrogen-bond donors (Lipinski definition) is 1. The Morgan fingerprint density at radius 1 is 0.861 bits per heavy atom. The molecule has 1 heterocycles. The summed E-state index contributed by atoms with van der Waals surface area (Å²) >= 11 is 0. The van der Waals surface area contributed by atoms with E-state index in [1.807, 2.05) is 42.5 Å². The SMILES string of the molecule is Cc1ccc(OCCCCn2c(CCCCCNC(=O)Cc3ccccc3)nc3ccccc32)cc1. The second kappa shape index (κ2) is 13.5. The Balaban J connectivity index is 1.19. The van der Waals surface area contributed by atoms with Crippen LogP contribution < -0.4 is 10.1 Å². The fourth-order valence-electron chi connectivity index (χ4n) is 4.42. The molecular weight excluding hydrogens is 446 g/mol. The topological polar surface area (TPSA) is 56.1 Å². The van der Waals surface area contributed by atoms with Gasteiger partial charge in [0, 0.05) is 19.5 Å². The highest BCUT2D eigenvalue weighted by atomic mass is 16.5. The second-order valence-electron chi connectivity index (χ2n) is 9.36. The summed E-state index contributed by atoms with van der Waals surface area (Å²) in [5.74, 6) is 2.18. The van der Waals surface area contributed by atoms with Gasteiger partial charge < -0.3 is 14.6 Å². The van der Waals surface area contributed by atoms with Crippen molar-refractivity contribution in [2.24, 2.45) is 0 Å². The van der Waals surface area contributed by atoms with Crippen LogP contribution in [0.4, 0.5) is 0 Å². The summed E-state index contributed by atoms with van der Waals surface area (Å²) in [6, 6.07) is 26.5. The smallest absolute Gasteiger partial charge is 0.224 e. The number of para-hydroxylation sites is 2. The Morgan fingerprint density at radius 3 is 2.47 bits per heavy atom. The van der Waals surface area contributed by atoms with E-state index in [4.69, 9.17) is 9.72 Å². The van der Waals surface area contributed by atoms with Crippen molar-refractivity contribution < 1.29 is 9.53 Å². The highest BCUT2D eigenvalue weighted by molar-refractivity contribution is 5.78. The van der Waals surface area contributed by atoms with Gasteiger partial charge in [-0.25, -0.2) is 4.98 Å². The Kier molecular flexibility index (Phi) is 9.54. The van der Waals surface area contributed by atoms with E-state index >= 15 is 0 Å². The number of carbonyl (C=O) groups is 1. The number of hydrogen-bond acceptors (Lipinski definition) is 3. The Hall–Kier alpha value is -3.60. The van der Waals surface area contributed by atoms with Crippen LogP contribution in [-0.2, 0) is 24.2 Å². The lowest BCUT2D eigenvalue weighted by Gasteiger charge is -2.11. The van der Waals surface area contributed by atoms with Gasteiger partial charge in [-0.2, -0.15) is 0 Å². The summed E-state index contributed by atoms with van der Waals surface area (Å²) < 4.78 is 8.27. The van der Waals surface area contributed by atoms with Crippen molar-refractivity contribution >= 4 is 16.9 Å². The third-order valence-corrected chi connectivity index (χ3v) is 6.41. The van der Waals surface area contributed by atoms with Gasteiger partial charge in [0.25, 0.3) is 0 Å². The number of aromatic nitrogens is 2. The number of nitrogens with one attached hydrogen (secondary N) is 1. The van der Waals surface area contributed by atoms with Gasteiger partial charge in [-0.1, -0.05) is 66.6 Å². The molecule has 1 amide bonds. The lowest BCUT2D eigenvalue weighted by Crippen LogP contribution is -2.26. The predicted octanol–water partition coefficient (Wildman–Crippen LogP) is 6.28. The molecule has 0 spiro atoms. The first-order valence-electron chi connectivity index (χ1n) is 13.1. The fraction of sp³-hybridized carbons (Fsp3) is 0.355. The average molecular weight is 484 g/mol. The molecule has 0 radical (unpaired) electrons. The number of nitrogens with zero attached hydrogens (tertiary/aromatic N) is 2. The summed E-state index contributed by atoms with van der Waals surface area (Å²) in [7, 11) is 0. The molecule has 1 N–H and O–H groups in total. The van der Waals surface area contributed by atoms with Crippen molar-refractivity contribution in [3.05, 3.63) is 95.8 Å². The van der Waals surface area contributed by atoms with Crippen LogP contribution in [0, 0.1) is 6.92 Å². The lowest BCUT2D eigenvalue weighted by atomic mass is 10.1. The molecule has 5 nitrogen and oxygen atoms in total. The fourth-order valence-corrected chi connectivity index (χ4v) is 4.42. The van der Waals surface area contributed by atoms with E-state index in [-0.39, 0.29) is 5.91 Å². The van der Waals surface area contributed by atoms with Crippen LogP contribution in [0.1, 0.15) is 49.1 Å². The maximum atomic E-state index is 12.1. The van der Waals surface area contributed by atoms with Gasteiger partial charge in [0.05, 0.1) is 24.1 Å². The predicted molar refractivity (Wildman–Crippen MR) is 146 cm³/mol. The minimum absolute atomic E-state index is 0.0920.